The number of rotatable bonds is 7. The lowest BCUT2D eigenvalue weighted by Crippen LogP contribution is -2.23. The summed E-state index contributed by atoms with van der Waals surface area (Å²) >= 11 is 8.76. The van der Waals surface area contributed by atoms with Crippen LogP contribution >= 0.6 is 28.1 Å². The fraction of sp³-hybridized carbons (Fsp3) is 0.0909. The van der Waals surface area contributed by atoms with E-state index in [0.29, 0.717) is 11.7 Å². The van der Waals surface area contributed by atoms with Crippen molar-refractivity contribution in [2.45, 2.75) is 6.61 Å². The zero-order valence-electron chi connectivity index (χ0n) is 15.8. The lowest BCUT2D eigenvalue weighted by atomic mass is 10.2. The molecule has 0 radical (unpaired) electrons. The molecular weight excluding hydrogens is 450 g/mol. The Morgan fingerprint density at radius 2 is 1.83 bits per heavy atom. The Bertz CT molecular complexity index is 979. The molecule has 7 heteroatoms. The molecule has 2 N–H and O–H groups in total. The molecule has 0 fully saturated rings. The molecule has 0 aliphatic carbocycles. The third kappa shape index (κ3) is 6.58. The zero-order valence-corrected chi connectivity index (χ0v) is 18.2. The maximum Gasteiger partial charge on any atom is 0.191 e. The van der Waals surface area contributed by atoms with Crippen LogP contribution in [0.4, 0.5) is 5.69 Å². The molecule has 0 aliphatic heterocycles. The highest BCUT2D eigenvalue weighted by Gasteiger charge is 2.04. The maximum absolute atomic E-state index is 5.95. The summed E-state index contributed by atoms with van der Waals surface area (Å²) in [5, 5.41) is 7.67. The van der Waals surface area contributed by atoms with Gasteiger partial charge in [0.05, 0.1) is 13.3 Å². The first-order chi connectivity index (χ1) is 14.1. The summed E-state index contributed by atoms with van der Waals surface area (Å²) in [5.41, 5.74) is 5.58. The Kier molecular flexibility index (Phi) is 7.61. The van der Waals surface area contributed by atoms with Crippen molar-refractivity contribution in [2.75, 3.05) is 12.4 Å². The number of hydrogen-bond donors (Lipinski definition) is 2. The Morgan fingerprint density at radius 1 is 1.07 bits per heavy atom. The minimum Gasteiger partial charge on any atom is -0.497 e. The van der Waals surface area contributed by atoms with Gasteiger partial charge in [-0.15, -0.1) is 0 Å². The van der Waals surface area contributed by atoms with Crippen LogP contribution in [-0.4, -0.2) is 18.4 Å². The van der Waals surface area contributed by atoms with Crippen molar-refractivity contribution < 1.29 is 9.47 Å². The van der Waals surface area contributed by atoms with Crippen LogP contribution in [0.2, 0.25) is 0 Å². The molecule has 0 atom stereocenters. The number of methoxy groups -OCH3 is 1. The lowest BCUT2D eigenvalue weighted by Gasteiger charge is -2.10. The fourth-order valence-electron chi connectivity index (χ4n) is 2.48. The molecule has 3 rings (SSSR count). The van der Waals surface area contributed by atoms with E-state index >= 15 is 0 Å². The predicted octanol–water partition coefficient (Wildman–Crippen LogP) is 5.36. The average Bonchev–Trinajstić information content (AvgIpc) is 2.74. The standard InChI is InChI=1S/C22H20BrN3O2S/c1-27-20-10-8-19(9-11-20)25-22(29)26-24-14-17-13-18(23)7-12-21(17)28-15-16-5-3-2-4-6-16/h2-14H,15H2,1H3,(H2,25,26,29)/b24-14-. The molecule has 5 nitrogen and oxygen atoms in total. The van der Waals surface area contributed by atoms with E-state index in [1.54, 1.807) is 13.3 Å². The van der Waals surface area contributed by atoms with Crippen LogP contribution in [0, 0.1) is 0 Å². The van der Waals surface area contributed by atoms with Crippen molar-refractivity contribution in [3.05, 3.63) is 88.4 Å². The number of nitrogens with zero attached hydrogens (tertiary/aromatic N) is 1. The second-order valence-corrected chi connectivity index (χ2v) is 7.33. The second-order valence-electron chi connectivity index (χ2n) is 6.01. The highest BCUT2D eigenvalue weighted by atomic mass is 79.9. The summed E-state index contributed by atoms with van der Waals surface area (Å²) in [5.74, 6) is 1.52. The molecule has 148 valence electrons. The summed E-state index contributed by atoms with van der Waals surface area (Å²) in [7, 11) is 1.63. The highest BCUT2D eigenvalue weighted by Crippen LogP contribution is 2.23. The first-order valence-electron chi connectivity index (χ1n) is 8.84. The van der Waals surface area contributed by atoms with E-state index in [9.17, 15) is 0 Å². The summed E-state index contributed by atoms with van der Waals surface area (Å²) in [6, 6.07) is 23.2. The summed E-state index contributed by atoms with van der Waals surface area (Å²) in [6.45, 7) is 0.480. The Labute approximate surface area is 183 Å². The van der Waals surface area contributed by atoms with E-state index in [1.807, 2.05) is 72.8 Å². The SMILES string of the molecule is COc1ccc(NC(=S)N/N=C\c2cc(Br)ccc2OCc2ccccc2)cc1. The van der Waals surface area contributed by atoms with E-state index < -0.39 is 0 Å². The molecule has 3 aromatic rings. The molecule has 0 unspecified atom stereocenters. The Morgan fingerprint density at radius 3 is 2.55 bits per heavy atom. The van der Waals surface area contributed by atoms with E-state index in [1.165, 1.54) is 0 Å². The van der Waals surface area contributed by atoms with Gasteiger partial charge in [-0.05, 0) is 60.2 Å². The number of anilines is 1. The van der Waals surface area contributed by atoms with Crippen LogP contribution < -0.4 is 20.2 Å². The minimum absolute atomic E-state index is 0.383. The molecule has 0 aliphatic rings. The molecule has 0 aromatic heterocycles. The molecule has 0 saturated carbocycles. The van der Waals surface area contributed by atoms with Crippen molar-refractivity contribution in [3.63, 3.8) is 0 Å². The molecule has 0 bridgehead atoms. The van der Waals surface area contributed by atoms with Gasteiger partial charge in [0.15, 0.2) is 5.11 Å². The molecule has 3 aromatic carbocycles. The molecule has 0 amide bonds. The zero-order chi connectivity index (χ0) is 20.5. The highest BCUT2D eigenvalue weighted by molar-refractivity contribution is 9.10. The topological polar surface area (TPSA) is 54.9 Å². The molecule has 0 heterocycles. The van der Waals surface area contributed by atoms with Crippen LogP contribution in [-0.2, 0) is 6.61 Å². The largest absolute Gasteiger partial charge is 0.497 e. The Balaban J connectivity index is 1.59. The normalized spacial score (nSPS) is 10.6. The molecule has 29 heavy (non-hydrogen) atoms. The number of ether oxygens (including phenoxy) is 2. The van der Waals surface area contributed by atoms with Crippen molar-refractivity contribution in [2.24, 2.45) is 5.10 Å². The van der Waals surface area contributed by atoms with E-state index in [2.05, 4.69) is 31.8 Å². The molecule has 0 saturated heterocycles. The molecular formula is C22H20BrN3O2S. The molecule has 0 spiro atoms. The van der Waals surface area contributed by atoms with Gasteiger partial charge < -0.3 is 14.8 Å². The van der Waals surface area contributed by atoms with Crippen molar-refractivity contribution in [3.8, 4) is 11.5 Å². The van der Waals surface area contributed by atoms with Gasteiger partial charge in [-0.25, -0.2) is 0 Å². The smallest absolute Gasteiger partial charge is 0.191 e. The number of benzene rings is 3. The van der Waals surface area contributed by atoms with Crippen molar-refractivity contribution >= 4 is 45.2 Å². The quantitative estimate of drug-likeness (QED) is 0.277. The van der Waals surface area contributed by atoms with E-state index in [4.69, 9.17) is 21.7 Å². The van der Waals surface area contributed by atoms with E-state index in [-0.39, 0.29) is 0 Å². The maximum atomic E-state index is 5.95. The van der Waals surface area contributed by atoms with Crippen LogP contribution in [0.1, 0.15) is 11.1 Å². The summed E-state index contributed by atoms with van der Waals surface area (Å²) in [4.78, 5) is 0. The van der Waals surface area contributed by atoms with Crippen molar-refractivity contribution in [1.82, 2.24) is 5.43 Å². The van der Waals surface area contributed by atoms with Gasteiger partial charge in [0, 0.05) is 15.7 Å². The third-order valence-corrected chi connectivity index (χ3v) is 4.61. The van der Waals surface area contributed by atoms with Crippen LogP contribution in [0.3, 0.4) is 0 Å². The predicted molar refractivity (Wildman–Crippen MR) is 125 cm³/mol. The van der Waals surface area contributed by atoms with Gasteiger partial charge in [0.1, 0.15) is 18.1 Å². The summed E-state index contributed by atoms with van der Waals surface area (Å²) in [6.07, 6.45) is 1.67. The van der Waals surface area contributed by atoms with Crippen LogP contribution in [0.5, 0.6) is 11.5 Å². The number of hydrazone groups is 1. The van der Waals surface area contributed by atoms with Gasteiger partial charge in [-0.1, -0.05) is 46.3 Å². The summed E-state index contributed by atoms with van der Waals surface area (Å²) < 4.78 is 12.0. The number of thiocarbonyl (C=S) groups is 1. The monoisotopic (exact) mass is 469 g/mol. The van der Waals surface area contributed by atoms with Gasteiger partial charge in [0.2, 0.25) is 0 Å². The minimum atomic E-state index is 0.383. The van der Waals surface area contributed by atoms with Gasteiger partial charge in [0.25, 0.3) is 0 Å². The third-order valence-electron chi connectivity index (χ3n) is 3.93. The average molecular weight is 470 g/mol. The first-order valence-corrected chi connectivity index (χ1v) is 10.0. The van der Waals surface area contributed by atoms with Gasteiger partial charge >= 0.3 is 0 Å². The fourth-order valence-corrected chi connectivity index (χ4v) is 3.03. The van der Waals surface area contributed by atoms with Gasteiger partial charge in [-0.2, -0.15) is 5.10 Å². The van der Waals surface area contributed by atoms with E-state index in [0.717, 1.165) is 32.8 Å². The Hall–Kier alpha value is -2.90. The first kappa shape index (κ1) is 20.8. The van der Waals surface area contributed by atoms with Gasteiger partial charge in [-0.3, -0.25) is 5.43 Å². The second kappa shape index (κ2) is 10.6. The number of hydrogen-bond acceptors (Lipinski definition) is 4. The number of halogens is 1. The van der Waals surface area contributed by atoms with Crippen LogP contribution in [0.15, 0.2) is 82.4 Å². The lowest BCUT2D eigenvalue weighted by molar-refractivity contribution is 0.306. The van der Waals surface area contributed by atoms with Crippen molar-refractivity contribution in [1.29, 1.82) is 0 Å². The van der Waals surface area contributed by atoms with Crippen LogP contribution in [0.25, 0.3) is 0 Å². The number of nitrogens with one attached hydrogen (secondary N) is 2.